The van der Waals surface area contributed by atoms with Crippen LogP contribution in [0.15, 0.2) is 24.3 Å². The lowest BCUT2D eigenvalue weighted by Gasteiger charge is -2.16. The molecule has 0 fully saturated rings. The van der Waals surface area contributed by atoms with E-state index in [0.29, 0.717) is 17.9 Å². The van der Waals surface area contributed by atoms with Crippen LogP contribution in [0.25, 0.3) is 0 Å². The Balaban J connectivity index is 2.77. The summed E-state index contributed by atoms with van der Waals surface area (Å²) in [6.45, 7) is 4.11. The van der Waals surface area contributed by atoms with Crippen molar-refractivity contribution < 1.29 is 13.2 Å². The number of unbranched alkanes of at least 4 members (excludes halogenated alkanes) is 1. The van der Waals surface area contributed by atoms with Gasteiger partial charge >= 0.3 is 6.18 Å². The highest BCUT2D eigenvalue weighted by molar-refractivity contribution is 5.29. The second-order valence-electron chi connectivity index (χ2n) is 4.61. The Labute approximate surface area is 101 Å². The molecule has 0 aliphatic rings. The molecule has 3 heteroatoms. The summed E-state index contributed by atoms with van der Waals surface area (Å²) in [5, 5.41) is 0. The first-order valence-electron chi connectivity index (χ1n) is 6.10. The normalized spacial score (nSPS) is 13.7. The topological polar surface area (TPSA) is 0 Å². The van der Waals surface area contributed by atoms with Crippen molar-refractivity contribution in [1.29, 1.82) is 0 Å². The number of hydrogen-bond acceptors (Lipinski definition) is 0. The van der Waals surface area contributed by atoms with Gasteiger partial charge in [-0.15, -0.1) is 0 Å². The minimum Gasteiger partial charge on any atom is -0.166 e. The SMILES string of the molecule is CCCCC(C)Cc1ccccc1C(F)(F)F. The summed E-state index contributed by atoms with van der Waals surface area (Å²) in [6, 6.07) is 5.88. The van der Waals surface area contributed by atoms with Crippen molar-refractivity contribution in [1.82, 2.24) is 0 Å². The zero-order valence-electron chi connectivity index (χ0n) is 10.3. The quantitative estimate of drug-likeness (QED) is 0.678. The Morgan fingerprint density at radius 2 is 1.82 bits per heavy atom. The fraction of sp³-hybridized carbons (Fsp3) is 0.571. The molecule has 0 aromatic heterocycles. The highest BCUT2D eigenvalue weighted by Gasteiger charge is 2.32. The first-order valence-corrected chi connectivity index (χ1v) is 6.10. The first kappa shape index (κ1) is 14.1. The molecule has 1 aromatic carbocycles. The summed E-state index contributed by atoms with van der Waals surface area (Å²) in [4.78, 5) is 0. The van der Waals surface area contributed by atoms with Gasteiger partial charge in [0.15, 0.2) is 0 Å². The van der Waals surface area contributed by atoms with Gasteiger partial charge in [0, 0.05) is 0 Å². The molecule has 1 aromatic rings. The van der Waals surface area contributed by atoms with Crippen LogP contribution >= 0.6 is 0 Å². The van der Waals surface area contributed by atoms with E-state index in [2.05, 4.69) is 6.92 Å². The summed E-state index contributed by atoms with van der Waals surface area (Å²) in [6.07, 6.45) is -0.569. The van der Waals surface area contributed by atoms with Gasteiger partial charge in [-0.1, -0.05) is 51.3 Å². The lowest BCUT2D eigenvalue weighted by Crippen LogP contribution is -2.11. The second kappa shape index (κ2) is 6.08. The number of halogens is 3. The van der Waals surface area contributed by atoms with Gasteiger partial charge in [-0.05, 0) is 24.0 Å². The average molecular weight is 244 g/mol. The molecule has 1 atom stereocenters. The molecule has 0 radical (unpaired) electrons. The van der Waals surface area contributed by atoms with Crippen molar-refractivity contribution >= 4 is 0 Å². The summed E-state index contributed by atoms with van der Waals surface area (Å²) in [7, 11) is 0. The minimum atomic E-state index is -4.24. The Morgan fingerprint density at radius 1 is 1.18 bits per heavy atom. The number of hydrogen-bond donors (Lipinski definition) is 0. The fourth-order valence-electron chi connectivity index (χ4n) is 2.00. The van der Waals surface area contributed by atoms with Crippen LogP contribution in [-0.2, 0) is 12.6 Å². The van der Waals surface area contributed by atoms with Crippen LogP contribution in [0.1, 0.15) is 44.2 Å². The van der Waals surface area contributed by atoms with E-state index < -0.39 is 11.7 Å². The molecule has 1 unspecified atom stereocenters. The molecule has 0 aliphatic carbocycles. The van der Waals surface area contributed by atoms with Crippen LogP contribution < -0.4 is 0 Å². The Bertz CT molecular complexity index is 342. The average Bonchev–Trinajstić information content (AvgIpc) is 2.25. The van der Waals surface area contributed by atoms with E-state index in [9.17, 15) is 13.2 Å². The maximum absolute atomic E-state index is 12.8. The molecule has 0 spiro atoms. The lowest BCUT2D eigenvalue weighted by molar-refractivity contribution is -0.138. The maximum Gasteiger partial charge on any atom is 0.416 e. The summed E-state index contributed by atoms with van der Waals surface area (Å²) in [5.41, 5.74) is -0.0630. The van der Waals surface area contributed by atoms with E-state index in [1.165, 1.54) is 12.1 Å². The molecule has 17 heavy (non-hydrogen) atoms. The van der Waals surface area contributed by atoms with Gasteiger partial charge in [-0.2, -0.15) is 13.2 Å². The summed E-state index contributed by atoms with van der Waals surface area (Å²) < 4.78 is 38.3. The molecule has 1 rings (SSSR count). The standard InChI is InChI=1S/C14H19F3/c1-3-4-7-11(2)10-12-8-5-6-9-13(12)14(15,16)17/h5-6,8-9,11H,3-4,7,10H2,1-2H3. The van der Waals surface area contributed by atoms with Crippen LogP contribution in [0.4, 0.5) is 13.2 Å². The molecule has 0 amide bonds. The van der Waals surface area contributed by atoms with Crippen LogP contribution in [0.5, 0.6) is 0 Å². The molecule has 0 nitrogen and oxygen atoms in total. The van der Waals surface area contributed by atoms with Crippen molar-refractivity contribution in [2.24, 2.45) is 5.92 Å². The third-order valence-electron chi connectivity index (χ3n) is 2.94. The predicted molar refractivity (Wildman–Crippen MR) is 63.8 cm³/mol. The van der Waals surface area contributed by atoms with Crippen LogP contribution in [-0.4, -0.2) is 0 Å². The maximum atomic E-state index is 12.8. The highest BCUT2D eigenvalue weighted by atomic mass is 19.4. The van der Waals surface area contributed by atoms with E-state index in [0.717, 1.165) is 19.3 Å². The third kappa shape index (κ3) is 4.41. The highest BCUT2D eigenvalue weighted by Crippen LogP contribution is 2.33. The van der Waals surface area contributed by atoms with E-state index in [1.54, 1.807) is 12.1 Å². The number of benzene rings is 1. The molecule has 0 aliphatic heterocycles. The van der Waals surface area contributed by atoms with Crippen molar-refractivity contribution in [3.8, 4) is 0 Å². The fourth-order valence-corrected chi connectivity index (χ4v) is 2.00. The first-order chi connectivity index (χ1) is 7.95. The molecular formula is C14H19F3. The monoisotopic (exact) mass is 244 g/mol. The van der Waals surface area contributed by atoms with Crippen molar-refractivity contribution in [3.63, 3.8) is 0 Å². The van der Waals surface area contributed by atoms with Gasteiger partial charge in [0.2, 0.25) is 0 Å². The molecule has 0 saturated carbocycles. The molecular weight excluding hydrogens is 225 g/mol. The number of alkyl halides is 3. The van der Waals surface area contributed by atoms with E-state index in [1.807, 2.05) is 6.92 Å². The van der Waals surface area contributed by atoms with E-state index >= 15 is 0 Å². The van der Waals surface area contributed by atoms with Crippen molar-refractivity contribution in [3.05, 3.63) is 35.4 Å². The Hall–Kier alpha value is -0.990. The van der Waals surface area contributed by atoms with Gasteiger partial charge in [0.1, 0.15) is 0 Å². The zero-order valence-corrected chi connectivity index (χ0v) is 10.3. The van der Waals surface area contributed by atoms with Gasteiger partial charge in [0.25, 0.3) is 0 Å². The van der Waals surface area contributed by atoms with Gasteiger partial charge in [-0.25, -0.2) is 0 Å². The third-order valence-corrected chi connectivity index (χ3v) is 2.94. The molecule has 0 heterocycles. The Kier molecular flexibility index (Phi) is 5.03. The second-order valence-corrected chi connectivity index (χ2v) is 4.61. The summed E-state index contributed by atoms with van der Waals surface area (Å²) in [5.74, 6) is 0.304. The predicted octanol–water partition coefficient (Wildman–Crippen LogP) is 5.07. The molecule has 0 N–H and O–H groups in total. The van der Waals surface area contributed by atoms with Crippen molar-refractivity contribution in [2.75, 3.05) is 0 Å². The lowest BCUT2D eigenvalue weighted by atomic mass is 9.93. The summed E-state index contributed by atoms with van der Waals surface area (Å²) >= 11 is 0. The Morgan fingerprint density at radius 3 is 2.41 bits per heavy atom. The van der Waals surface area contributed by atoms with Gasteiger partial charge < -0.3 is 0 Å². The minimum absolute atomic E-state index is 0.304. The van der Waals surface area contributed by atoms with Crippen LogP contribution in [0.2, 0.25) is 0 Å². The zero-order chi connectivity index (χ0) is 12.9. The van der Waals surface area contributed by atoms with Crippen LogP contribution in [0.3, 0.4) is 0 Å². The number of rotatable bonds is 5. The van der Waals surface area contributed by atoms with Gasteiger partial charge in [0.05, 0.1) is 5.56 Å². The van der Waals surface area contributed by atoms with E-state index in [-0.39, 0.29) is 0 Å². The molecule has 96 valence electrons. The van der Waals surface area contributed by atoms with Gasteiger partial charge in [-0.3, -0.25) is 0 Å². The van der Waals surface area contributed by atoms with Crippen molar-refractivity contribution in [2.45, 2.75) is 45.7 Å². The van der Waals surface area contributed by atoms with Crippen LogP contribution in [0, 0.1) is 5.92 Å². The van der Waals surface area contributed by atoms with E-state index in [4.69, 9.17) is 0 Å². The smallest absolute Gasteiger partial charge is 0.166 e. The molecule has 0 bridgehead atoms. The largest absolute Gasteiger partial charge is 0.416 e. The molecule has 0 saturated heterocycles.